The van der Waals surface area contributed by atoms with Gasteiger partial charge in [-0.25, -0.2) is 9.59 Å². The number of allylic oxidation sites excluding steroid dienone is 1. The Kier molecular flexibility index (Phi) is 18.4. The molecule has 4 aliphatic carbocycles. The largest absolute Gasteiger partial charge is 0.446 e. The van der Waals surface area contributed by atoms with E-state index in [-0.39, 0.29) is 29.6 Å². The molecule has 3 fully saturated rings. The Balaban J connectivity index is 1.10. The number of hydrogen-bond acceptors (Lipinski definition) is 9. The molecule has 0 bridgehead atoms. The number of ether oxygens (including phenoxy) is 1. The van der Waals surface area contributed by atoms with Gasteiger partial charge in [-0.2, -0.15) is 0 Å². The second kappa shape index (κ2) is 22.2. The number of alkyl carbamates (subject to hydrolysis) is 1. The second-order valence-corrected chi connectivity index (χ2v) is 20.0. The molecule has 310 valence electrons. The Bertz CT molecular complexity index is 1230. The first-order chi connectivity index (χ1) is 25.8. The van der Waals surface area contributed by atoms with Gasteiger partial charge in [0.1, 0.15) is 12.4 Å². The lowest BCUT2D eigenvalue weighted by Crippen LogP contribution is -2.50. The number of urea groups is 1. The topological polar surface area (TPSA) is 199 Å². The molecule has 0 spiro atoms. The number of carbonyl (C=O) groups excluding carboxylic acids is 2. The Morgan fingerprint density at radius 3 is 2.41 bits per heavy atom. The number of nitrogens with one attached hydrogen (secondary N) is 3. The highest BCUT2D eigenvalue weighted by molar-refractivity contribution is 8.76. The maximum atomic E-state index is 12.8. The van der Waals surface area contributed by atoms with Gasteiger partial charge in [0, 0.05) is 50.7 Å². The van der Waals surface area contributed by atoms with E-state index in [1.165, 1.54) is 57.8 Å². The maximum Gasteiger partial charge on any atom is 0.407 e. The smallest absolute Gasteiger partial charge is 0.407 e. The normalized spacial score (nSPS) is 28.8. The van der Waals surface area contributed by atoms with Crippen molar-refractivity contribution in [3.05, 3.63) is 11.6 Å². The summed E-state index contributed by atoms with van der Waals surface area (Å²) < 4.78 is 5.97. The second-order valence-electron chi connectivity index (χ2n) is 17.3. The van der Waals surface area contributed by atoms with Crippen molar-refractivity contribution in [3.63, 3.8) is 0 Å². The molecule has 0 aromatic rings. The predicted molar refractivity (Wildman–Crippen MR) is 227 cm³/mol. The minimum absolute atomic E-state index is 0.0392. The highest BCUT2D eigenvalue weighted by atomic mass is 33.1. The fraction of sp³-hybridized carbons (Fsp3) is 0.875. The molecule has 4 aliphatic rings. The van der Waals surface area contributed by atoms with E-state index in [0.29, 0.717) is 51.1 Å². The van der Waals surface area contributed by atoms with Crippen molar-refractivity contribution in [2.75, 3.05) is 50.8 Å². The Hall–Kier alpha value is -1.87. The van der Waals surface area contributed by atoms with E-state index in [0.717, 1.165) is 66.8 Å². The van der Waals surface area contributed by atoms with Crippen LogP contribution in [0.25, 0.3) is 0 Å². The molecule has 7 atom stereocenters. The van der Waals surface area contributed by atoms with Crippen molar-refractivity contribution in [1.29, 1.82) is 0 Å². The third kappa shape index (κ3) is 13.1. The summed E-state index contributed by atoms with van der Waals surface area (Å²) in [6, 6.07) is -0.120. The van der Waals surface area contributed by atoms with Gasteiger partial charge in [0.2, 0.25) is 0 Å². The zero-order chi connectivity index (χ0) is 39.1. The Morgan fingerprint density at radius 2 is 1.69 bits per heavy atom. The summed E-state index contributed by atoms with van der Waals surface area (Å²) in [5.74, 6) is 5.77. The fourth-order valence-corrected chi connectivity index (χ4v) is 12.2. The molecular weight excluding hydrogens is 719 g/mol. The summed E-state index contributed by atoms with van der Waals surface area (Å²) >= 11 is 0. The Morgan fingerprint density at radius 1 is 0.944 bits per heavy atom. The number of amides is 3. The van der Waals surface area contributed by atoms with E-state index in [4.69, 9.17) is 27.7 Å². The van der Waals surface area contributed by atoms with Gasteiger partial charge >= 0.3 is 12.1 Å². The average molecular weight is 794 g/mol. The number of rotatable bonds is 22. The third-order valence-corrected chi connectivity index (χ3v) is 15.7. The number of nitrogens with two attached hydrogens (primary N) is 4. The summed E-state index contributed by atoms with van der Waals surface area (Å²) in [6.07, 6.45) is 18.5. The minimum Gasteiger partial charge on any atom is -0.446 e. The van der Waals surface area contributed by atoms with Crippen LogP contribution in [0.4, 0.5) is 9.59 Å². The fourth-order valence-electron chi connectivity index (χ4n) is 10.4. The third-order valence-electron chi connectivity index (χ3n) is 13.3. The van der Waals surface area contributed by atoms with Gasteiger partial charge in [0.15, 0.2) is 5.96 Å². The summed E-state index contributed by atoms with van der Waals surface area (Å²) in [5, 5.41) is 8.93. The molecule has 0 aromatic heterocycles. The summed E-state index contributed by atoms with van der Waals surface area (Å²) in [5.41, 5.74) is 24.3. The molecule has 0 aromatic carbocycles. The molecule has 0 aliphatic heterocycles. The van der Waals surface area contributed by atoms with Gasteiger partial charge in [-0.15, -0.1) is 0 Å². The number of fused-ring (bicyclic) bond motifs is 5. The van der Waals surface area contributed by atoms with E-state index < -0.39 is 6.29 Å². The quantitative estimate of drug-likeness (QED) is 0.0168. The summed E-state index contributed by atoms with van der Waals surface area (Å²) in [7, 11) is 3.35. The molecule has 0 saturated heterocycles. The number of unbranched alkanes of at least 4 members (excludes halogenated alkanes) is 1. The van der Waals surface area contributed by atoms with Crippen LogP contribution >= 0.6 is 21.6 Å². The molecule has 14 heteroatoms. The number of nitrogens with zero attached hydrogens (tertiary/aromatic N) is 2. The van der Waals surface area contributed by atoms with Gasteiger partial charge in [-0.3, -0.25) is 10.3 Å². The van der Waals surface area contributed by atoms with Crippen LogP contribution in [0.2, 0.25) is 0 Å². The molecule has 7 unspecified atom stereocenters. The van der Waals surface area contributed by atoms with E-state index in [1.54, 1.807) is 32.1 Å². The Labute approximate surface area is 334 Å². The summed E-state index contributed by atoms with van der Waals surface area (Å²) in [4.78, 5) is 31.4. The van der Waals surface area contributed by atoms with Crippen LogP contribution < -0.4 is 38.9 Å². The van der Waals surface area contributed by atoms with Crippen LogP contribution in [0.3, 0.4) is 0 Å². The number of hydrogen-bond donors (Lipinski definition) is 7. The van der Waals surface area contributed by atoms with Crippen LogP contribution in [0.15, 0.2) is 16.6 Å². The number of aliphatic imine (C=N–C) groups is 1. The molecule has 11 N–H and O–H groups in total. The van der Waals surface area contributed by atoms with Gasteiger partial charge < -0.3 is 43.2 Å². The standard InChI is InChI=1S/C40H75N9O3S2/c1-28(2)9-5-6-10-29-12-14-33-32-13-11-30-27-31(15-17-40(30,4)34(32)16-18-39(29,33)3)52-38(51)48-22-26-54-53-25-21-47-37(50)49(23-7-19-45-35(41)42)24-8-20-46-36(43)44/h11,28-29,31-35,45H,5-10,12-27,41-42H2,1-4H3,(H,47,50)(H,48,51)(H4,43,44,46). The van der Waals surface area contributed by atoms with Crippen LogP contribution in [0, 0.1) is 40.4 Å². The van der Waals surface area contributed by atoms with Crippen molar-refractivity contribution in [2.45, 2.75) is 130 Å². The molecule has 54 heavy (non-hydrogen) atoms. The molecule has 12 nitrogen and oxygen atoms in total. The van der Waals surface area contributed by atoms with E-state index >= 15 is 0 Å². The zero-order valence-corrected chi connectivity index (χ0v) is 35.6. The first-order valence-corrected chi connectivity index (χ1v) is 23.5. The number of guanidine groups is 1. The minimum atomic E-state index is -0.580. The molecule has 3 amide bonds. The average Bonchev–Trinajstić information content (AvgIpc) is 3.46. The SMILES string of the molecule is CC(C)CCCCC1CCC2C3CC=C4CC(OC(=O)NCCSSCCNC(=O)N(CCCN=C(N)N)CCCNC(N)N)CCC4(C)C3CCC12C. The van der Waals surface area contributed by atoms with Gasteiger partial charge in [0.25, 0.3) is 0 Å². The highest BCUT2D eigenvalue weighted by Crippen LogP contribution is 2.66. The van der Waals surface area contributed by atoms with Crippen LogP contribution in [0.1, 0.15) is 118 Å². The number of carbonyl (C=O) groups is 2. The van der Waals surface area contributed by atoms with Crippen molar-refractivity contribution in [2.24, 2.45) is 68.3 Å². The van der Waals surface area contributed by atoms with Crippen LogP contribution in [0.5, 0.6) is 0 Å². The first kappa shape index (κ1) is 44.8. The van der Waals surface area contributed by atoms with Crippen molar-refractivity contribution in [3.8, 4) is 0 Å². The zero-order valence-electron chi connectivity index (χ0n) is 33.9. The monoisotopic (exact) mass is 794 g/mol. The van der Waals surface area contributed by atoms with Crippen molar-refractivity contribution >= 4 is 39.7 Å². The first-order valence-electron chi connectivity index (χ1n) is 21.0. The molecule has 4 rings (SSSR count). The molecule has 0 radical (unpaired) electrons. The highest BCUT2D eigenvalue weighted by Gasteiger charge is 2.58. The lowest BCUT2D eigenvalue weighted by atomic mass is 9.47. The lowest BCUT2D eigenvalue weighted by molar-refractivity contribution is -0.0519. The van der Waals surface area contributed by atoms with E-state index in [9.17, 15) is 9.59 Å². The van der Waals surface area contributed by atoms with Crippen molar-refractivity contribution < 1.29 is 14.3 Å². The lowest BCUT2D eigenvalue weighted by Gasteiger charge is -2.58. The summed E-state index contributed by atoms with van der Waals surface area (Å²) in [6.45, 7) is 13.2. The van der Waals surface area contributed by atoms with Crippen LogP contribution in [-0.2, 0) is 4.74 Å². The molecular formula is C40H75N9O3S2. The van der Waals surface area contributed by atoms with Gasteiger partial charge in [-0.1, -0.05) is 80.2 Å². The van der Waals surface area contributed by atoms with Crippen molar-refractivity contribution in [1.82, 2.24) is 20.9 Å². The predicted octanol–water partition coefficient (Wildman–Crippen LogP) is 6.11. The van der Waals surface area contributed by atoms with Gasteiger partial charge in [0.05, 0.1) is 0 Å². The molecule has 0 heterocycles. The maximum absolute atomic E-state index is 12.8. The van der Waals surface area contributed by atoms with Crippen LogP contribution in [-0.4, -0.2) is 86.2 Å². The van der Waals surface area contributed by atoms with E-state index in [2.05, 4.69) is 54.7 Å². The van der Waals surface area contributed by atoms with Gasteiger partial charge in [-0.05, 0) is 111 Å². The van der Waals surface area contributed by atoms with E-state index in [1.807, 2.05) is 0 Å². The molecule has 3 saturated carbocycles.